The smallest absolute Gasteiger partial charge is 0.119 e. The third-order valence-corrected chi connectivity index (χ3v) is 12.4. The van der Waals surface area contributed by atoms with Crippen molar-refractivity contribution in [3.05, 3.63) is 190 Å². The van der Waals surface area contributed by atoms with Crippen LogP contribution in [-0.2, 0) is 31.1 Å². The van der Waals surface area contributed by atoms with Gasteiger partial charge in [0.25, 0.3) is 0 Å². The monoisotopic (exact) mass is 766 g/mol. The van der Waals surface area contributed by atoms with Gasteiger partial charge in [0.2, 0.25) is 0 Å². The summed E-state index contributed by atoms with van der Waals surface area (Å²) in [5.41, 5.74) is 19.0. The topological polar surface area (TPSA) is 70.0 Å². The van der Waals surface area contributed by atoms with E-state index in [0.29, 0.717) is 13.2 Å². The molecule has 0 aliphatic heterocycles. The van der Waals surface area contributed by atoms with Crippen molar-refractivity contribution in [1.82, 2.24) is 19.9 Å². The second-order valence-corrected chi connectivity index (χ2v) is 15.6. The van der Waals surface area contributed by atoms with Gasteiger partial charge in [-0.1, -0.05) is 72.8 Å². The fourth-order valence-corrected chi connectivity index (χ4v) is 9.76. The number of nitrogens with zero attached hydrogens (tertiary/aromatic N) is 4. The molecule has 4 aromatic heterocycles. The molecule has 4 heterocycles. The first kappa shape index (κ1) is 35.3. The van der Waals surface area contributed by atoms with Gasteiger partial charge in [0.05, 0.1) is 52.8 Å². The van der Waals surface area contributed by atoms with Crippen molar-refractivity contribution in [2.75, 3.05) is 13.2 Å². The van der Waals surface area contributed by atoms with Crippen molar-refractivity contribution in [3.8, 4) is 67.9 Å². The molecular weight excluding hydrogens is 725 g/mol. The molecule has 8 aromatic rings. The molecule has 3 aliphatic rings. The van der Waals surface area contributed by atoms with Crippen LogP contribution >= 0.6 is 0 Å². The zero-order chi connectivity index (χ0) is 39.5. The Kier molecular flexibility index (Phi) is 8.47. The Morgan fingerprint density at radius 3 is 1.37 bits per heavy atom. The number of benzene rings is 4. The Morgan fingerprint density at radius 1 is 0.458 bits per heavy atom. The maximum atomic E-state index is 6.25. The molecule has 4 aromatic carbocycles. The van der Waals surface area contributed by atoms with Gasteiger partial charge in [-0.05, 0) is 156 Å². The lowest BCUT2D eigenvalue weighted by molar-refractivity contribution is 0.339. The Labute approximate surface area is 344 Å². The van der Waals surface area contributed by atoms with Crippen molar-refractivity contribution in [3.63, 3.8) is 0 Å². The van der Waals surface area contributed by atoms with Crippen molar-refractivity contribution in [2.24, 2.45) is 0 Å². The zero-order valence-corrected chi connectivity index (χ0v) is 33.2. The first-order valence-corrected chi connectivity index (χ1v) is 20.8. The first-order valence-electron chi connectivity index (χ1n) is 20.8. The second-order valence-electron chi connectivity index (χ2n) is 15.6. The SMILES string of the molecule is CCOc1ccc2c(c1)C(c1cccc(-c3ccc4c(n3)-c3ncccc3CC4)c1)(c1cccc(-c3ccc4c(n3)-c3ncccc3CC4)c1)c1cc(OCC)ccc1-2. The minimum atomic E-state index is -0.748. The molecule has 59 heavy (non-hydrogen) atoms. The summed E-state index contributed by atoms with van der Waals surface area (Å²) in [5, 5.41) is 0. The van der Waals surface area contributed by atoms with E-state index in [0.717, 1.165) is 105 Å². The first-order chi connectivity index (χ1) is 29.1. The van der Waals surface area contributed by atoms with Gasteiger partial charge in [-0.2, -0.15) is 0 Å². The van der Waals surface area contributed by atoms with Crippen LogP contribution < -0.4 is 9.47 Å². The van der Waals surface area contributed by atoms with E-state index in [1.54, 1.807) is 0 Å². The molecule has 0 N–H and O–H groups in total. The van der Waals surface area contributed by atoms with E-state index >= 15 is 0 Å². The number of rotatable bonds is 8. The number of fused-ring (bicyclic) bond motifs is 9. The van der Waals surface area contributed by atoms with Gasteiger partial charge in [0.1, 0.15) is 11.5 Å². The van der Waals surface area contributed by atoms with E-state index in [2.05, 4.69) is 121 Å². The van der Waals surface area contributed by atoms with Gasteiger partial charge in [-0.25, -0.2) is 9.97 Å². The lowest BCUT2D eigenvalue weighted by Gasteiger charge is -2.35. The highest BCUT2D eigenvalue weighted by molar-refractivity contribution is 5.88. The molecule has 0 unspecified atom stereocenters. The Balaban J connectivity index is 1.15. The van der Waals surface area contributed by atoms with Crippen molar-refractivity contribution >= 4 is 0 Å². The molecule has 6 nitrogen and oxygen atoms in total. The highest BCUT2D eigenvalue weighted by Gasteiger charge is 2.47. The largest absolute Gasteiger partial charge is 0.494 e. The lowest BCUT2D eigenvalue weighted by Crippen LogP contribution is -2.29. The summed E-state index contributed by atoms with van der Waals surface area (Å²) in [5.74, 6) is 1.68. The van der Waals surface area contributed by atoms with Crippen molar-refractivity contribution in [2.45, 2.75) is 44.9 Å². The van der Waals surface area contributed by atoms with Gasteiger partial charge < -0.3 is 9.47 Å². The van der Waals surface area contributed by atoms with Crippen LogP contribution in [0, 0.1) is 0 Å². The summed E-state index contributed by atoms with van der Waals surface area (Å²) >= 11 is 0. The summed E-state index contributed by atoms with van der Waals surface area (Å²) in [7, 11) is 0. The lowest BCUT2D eigenvalue weighted by atomic mass is 9.67. The maximum Gasteiger partial charge on any atom is 0.119 e. The molecule has 3 aliphatic carbocycles. The molecular formula is C53H42N4O2. The van der Waals surface area contributed by atoms with Crippen LogP contribution in [0.4, 0.5) is 0 Å². The van der Waals surface area contributed by atoms with Crippen LogP contribution in [-0.4, -0.2) is 33.1 Å². The van der Waals surface area contributed by atoms with E-state index in [1.807, 2.05) is 38.4 Å². The number of ether oxygens (including phenoxy) is 2. The summed E-state index contributed by atoms with van der Waals surface area (Å²) < 4.78 is 12.5. The minimum Gasteiger partial charge on any atom is -0.494 e. The third kappa shape index (κ3) is 5.69. The Morgan fingerprint density at radius 2 is 0.915 bits per heavy atom. The highest BCUT2D eigenvalue weighted by Crippen LogP contribution is 2.58. The number of hydrogen-bond donors (Lipinski definition) is 0. The number of aryl methyl sites for hydroxylation is 4. The Hall–Kier alpha value is -6.92. The minimum absolute atomic E-state index is 0.572. The van der Waals surface area contributed by atoms with E-state index in [4.69, 9.17) is 29.4 Å². The molecule has 0 amide bonds. The van der Waals surface area contributed by atoms with Crippen LogP contribution in [0.15, 0.2) is 146 Å². The standard InChI is InChI=1S/C53H42N4O2/c1-3-58-41-21-23-43-44-24-22-42(59-4-2)32-46(44)53(45(43)31-41,39-13-5-9-37(29-39)47-25-19-35-17-15-33-11-7-27-54-49(33)51(35)56-47)40-14-6-10-38(30-40)48-26-20-36-18-16-34-12-8-28-55-50(34)52(36)57-48/h5-14,19-32H,3-4,15-18H2,1-2H3. The highest BCUT2D eigenvalue weighted by atomic mass is 16.5. The van der Waals surface area contributed by atoms with Gasteiger partial charge in [0, 0.05) is 23.5 Å². The summed E-state index contributed by atoms with van der Waals surface area (Å²) in [6.07, 6.45) is 7.62. The van der Waals surface area contributed by atoms with E-state index in [1.165, 1.54) is 33.4 Å². The summed E-state index contributed by atoms with van der Waals surface area (Å²) in [6, 6.07) is 48.3. The van der Waals surface area contributed by atoms with Crippen LogP contribution in [0.2, 0.25) is 0 Å². The molecule has 286 valence electrons. The van der Waals surface area contributed by atoms with E-state index in [-0.39, 0.29) is 0 Å². The number of aromatic nitrogens is 4. The van der Waals surface area contributed by atoms with E-state index in [9.17, 15) is 0 Å². The van der Waals surface area contributed by atoms with Crippen LogP contribution in [0.25, 0.3) is 56.4 Å². The average molecular weight is 767 g/mol. The quantitative estimate of drug-likeness (QED) is 0.153. The van der Waals surface area contributed by atoms with Crippen molar-refractivity contribution in [1.29, 1.82) is 0 Å². The fraction of sp³-hybridized carbons (Fsp3) is 0.170. The molecule has 0 saturated carbocycles. The zero-order valence-electron chi connectivity index (χ0n) is 33.2. The Bertz CT molecular complexity index is 2750. The van der Waals surface area contributed by atoms with Gasteiger partial charge in [0.15, 0.2) is 0 Å². The average Bonchev–Trinajstić information content (AvgIpc) is 3.58. The molecule has 0 radical (unpaired) electrons. The molecule has 0 fully saturated rings. The maximum absolute atomic E-state index is 6.25. The van der Waals surface area contributed by atoms with Gasteiger partial charge in [-0.3, -0.25) is 9.97 Å². The van der Waals surface area contributed by atoms with E-state index < -0.39 is 5.41 Å². The van der Waals surface area contributed by atoms with Gasteiger partial charge >= 0.3 is 0 Å². The van der Waals surface area contributed by atoms with Crippen molar-refractivity contribution < 1.29 is 9.47 Å². The molecule has 0 spiro atoms. The normalized spacial score (nSPS) is 13.9. The van der Waals surface area contributed by atoms with Crippen LogP contribution in [0.3, 0.4) is 0 Å². The number of hydrogen-bond acceptors (Lipinski definition) is 6. The fourth-order valence-electron chi connectivity index (χ4n) is 9.76. The third-order valence-electron chi connectivity index (χ3n) is 12.4. The molecule has 0 saturated heterocycles. The van der Waals surface area contributed by atoms with Gasteiger partial charge in [-0.15, -0.1) is 0 Å². The molecule has 11 rings (SSSR count). The second kappa shape index (κ2) is 14.2. The number of pyridine rings is 4. The predicted octanol–water partition coefficient (Wildman–Crippen LogP) is 11.3. The summed E-state index contributed by atoms with van der Waals surface area (Å²) in [6.45, 7) is 5.22. The van der Waals surface area contributed by atoms with Crippen LogP contribution in [0.5, 0.6) is 11.5 Å². The van der Waals surface area contributed by atoms with Crippen LogP contribution in [0.1, 0.15) is 58.4 Å². The molecule has 0 atom stereocenters. The summed E-state index contributed by atoms with van der Waals surface area (Å²) in [4.78, 5) is 20.3. The molecule has 0 bridgehead atoms. The molecule has 6 heteroatoms. The predicted molar refractivity (Wildman–Crippen MR) is 234 cm³/mol.